The van der Waals surface area contributed by atoms with Gasteiger partial charge in [-0.2, -0.15) is 12.5 Å². The number of fused-ring (bicyclic) bond motifs is 1. The molecule has 1 aromatic heterocycles. The van der Waals surface area contributed by atoms with Crippen molar-refractivity contribution in [3.8, 4) is 0 Å². The molecule has 40 heavy (non-hydrogen) atoms. The lowest BCUT2D eigenvalue weighted by Gasteiger charge is -2.47. The molecule has 1 aliphatic rings. The molecule has 4 rings (SSSR count). The summed E-state index contributed by atoms with van der Waals surface area (Å²) in [7, 11) is -4.97. The van der Waals surface area contributed by atoms with Crippen molar-refractivity contribution >= 4 is 38.6 Å². The van der Waals surface area contributed by atoms with E-state index in [9.17, 15) is 33.1 Å². The molecule has 3 atom stereocenters. The second-order valence-corrected chi connectivity index (χ2v) is 12.3. The number of amides is 2. The molecule has 0 saturated carbocycles. The van der Waals surface area contributed by atoms with Crippen LogP contribution in [0, 0.1) is 10.6 Å². The maximum Gasteiger partial charge on any atom is 0.351 e. The molecule has 1 fully saturated rings. The Morgan fingerprint density at radius 3 is 2.50 bits per heavy atom. The number of quaternary nitrogens is 1. The average Bonchev–Trinajstić information content (AvgIpc) is 3.22. The Balaban J connectivity index is 1.94. The summed E-state index contributed by atoms with van der Waals surface area (Å²) in [5.41, 5.74) is 3.66. The topological polar surface area (TPSA) is 180 Å². The van der Waals surface area contributed by atoms with Crippen LogP contribution in [0.2, 0.25) is 0 Å². The SMILES string of the molecule is C[C@@](CC(N)=O)(Cc1c(C(=O)O)ccc2ccccc12)C(=O)[N+]([O-])(C1CCCNCC1)S(=O)(=O)c1ccccn1. The van der Waals surface area contributed by atoms with Crippen LogP contribution in [-0.2, 0) is 26.0 Å². The first kappa shape index (κ1) is 29.3. The number of aromatic nitrogens is 1. The zero-order valence-electron chi connectivity index (χ0n) is 22.1. The molecule has 1 saturated heterocycles. The predicted octanol–water partition coefficient (Wildman–Crippen LogP) is 2.73. The van der Waals surface area contributed by atoms with Crippen molar-refractivity contribution in [3.63, 3.8) is 0 Å². The summed E-state index contributed by atoms with van der Waals surface area (Å²) in [4.78, 5) is 43.0. The molecule has 3 aromatic rings. The van der Waals surface area contributed by atoms with Crippen molar-refractivity contribution in [2.75, 3.05) is 13.1 Å². The largest absolute Gasteiger partial charge is 0.608 e. The molecule has 212 valence electrons. The third-order valence-electron chi connectivity index (χ3n) is 7.49. The van der Waals surface area contributed by atoms with E-state index in [1.807, 2.05) is 0 Å². The average molecular weight is 569 g/mol. The van der Waals surface area contributed by atoms with Gasteiger partial charge in [-0.3, -0.25) is 4.79 Å². The fourth-order valence-corrected chi connectivity index (χ4v) is 7.31. The van der Waals surface area contributed by atoms with Crippen LogP contribution in [0.4, 0.5) is 0 Å². The molecule has 2 amide bonds. The van der Waals surface area contributed by atoms with Gasteiger partial charge in [-0.15, -0.1) is 0 Å². The molecular weight excluding hydrogens is 536 g/mol. The second kappa shape index (κ2) is 11.4. The second-order valence-electron chi connectivity index (χ2n) is 10.4. The lowest BCUT2D eigenvalue weighted by molar-refractivity contribution is -0.709. The first-order chi connectivity index (χ1) is 18.9. The van der Waals surface area contributed by atoms with Gasteiger partial charge in [-0.25, -0.2) is 14.6 Å². The first-order valence-electron chi connectivity index (χ1n) is 13.0. The zero-order chi connectivity index (χ0) is 29.1. The minimum atomic E-state index is -4.97. The van der Waals surface area contributed by atoms with Gasteiger partial charge in [0.15, 0.2) is 0 Å². The van der Waals surface area contributed by atoms with E-state index in [0.29, 0.717) is 30.3 Å². The van der Waals surface area contributed by atoms with E-state index in [1.165, 1.54) is 31.3 Å². The highest BCUT2D eigenvalue weighted by atomic mass is 32.2. The number of carbonyl (C=O) groups is 3. The highest BCUT2D eigenvalue weighted by Gasteiger charge is 2.56. The van der Waals surface area contributed by atoms with Crippen LogP contribution in [0.1, 0.15) is 48.5 Å². The van der Waals surface area contributed by atoms with E-state index in [0.717, 1.165) is 6.07 Å². The zero-order valence-corrected chi connectivity index (χ0v) is 22.9. The van der Waals surface area contributed by atoms with Crippen LogP contribution in [-0.4, -0.2) is 59.5 Å². The van der Waals surface area contributed by atoms with E-state index < -0.39 is 61.2 Å². The molecule has 1 aliphatic heterocycles. The normalized spacial score (nSPS) is 19.2. The van der Waals surface area contributed by atoms with Crippen LogP contribution in [0.5, 0.6) is 0 Å². The summed E-state index contributed by atoms with van der Waals surface area (Å²) in [5, 5.41) is 28.6. The highest BCUT2D eigenvalue weighted by molar-refractivity contribution is 7.86. The summed E-state index contributed by atoms with van der Waals surface area (Å²) < 4.78 is 25.8. The molecule has 12 heteroatoms. The van der Waals surface area contributed by atoms with Gasteiger partial charge in [0, 0.05) is 32.0 Å². The van der Waals surface area contributed by atoms with Crippen molar-refractivity contribution in [3.05, 3.63) is 77.1 Å². The van der Waals surface area contributed by atoms with Gasteiger partial charge < -0.3 is 21.4 Å². The Labute approximate surface area is 232 Å². The molecule has 0 aliphatic carbocycles. The van der Waals surface area contributed by atoms with E-state index in [2.05, 4.69) is 10.3 Å². The maximum absolute atomic E-state index is 14.9. The number of pyridine rings is 1. The highest BCUT2D eigenvalue weighted by Crippen LogP contribution is 2.41. The molecule has 2 aromatic carbocycles. The molecule has 2 heterocycles. The lowest BCUT2D eigenvalue weighted by atomic mass is 9.76. The fourth-order valence-electron chi connectivity index (χ4n) is 5.54. The van der Waals surface area contributed by atoms with Crippen molar-refractivity contribution in [2.24, 2.45) is 11.1 Å². The minimum Gasteiger partial charge on any atom is -0.608 e. The number of sulfonamides is 1. The van der Waals surface area contributed by atoms with Crippen molar-refractivity contribution in [2.45, 2.75) is 50.1 Å². The number of carbonyl (C=O) groups excluding carboxylic acids is 2. The number of hydroxylamine groups is 2. The standard InChI is InChI=1S/C28H32N4O7S/c1-28(18-24(29)33,17-23-21-9-3-2-7-19(21)11-12-22(23)26(34)35)27(36)32(37,20-8-6-14-30-16-13-20)40(38,39)25-10-4-5-15-31-25/h2-5,7,9-12,15,20,30H,6,8,13-14,16-18H2,1H3,(H2,29,33)(H,34,35)/t20?,28-,32?/m0/s1. The third kappa shape index (κ3) is 5.35. The van der Waals surface area contributed by atoms with E-state index >= 15 is 0 Å². The molecule has 0 radical (unpaired) electrons. The smallest absolute Gasteiger partial charge is 0.351 e. The Morgan fingerprint density at radius 1 is 1.10 bits per heavy atom. The monoisotopic (exact) mass is 568 g/mol. The van der Waals surface area contributed by atoms with E-state index in [4.69, 9.17) is 5.73 Å². The summed E-state index contributed by atoms with van der Waals surface area (Å²) in [6.45, 7) is 2.17. The third-order valence-corrected chi connectivity index (χ3v) is 9.43. The Bertz CT molecular complexity index is 1540. The van der Waals surface area contributed by atoms with Gasteiger partial charge in [0.05, 0.1) is 11.0 Å². The van der Waals surface area contributed by atoms with Gasteiger partial charge in [-0.05, 0) is 60.8 Å². The number of carboxylic acids is 1. The summed E-state index contributed by atoms with van der Waals surface area (Å²) in [5.74, 6) is -3.49. The first-order valence-corrected chi connectivity index (χ1v) is 14.4. The fraction of sp³-hybridized carbons (Fsp3) is 0.357. The van der Waals surface area contributed by atoms with Gasteiger partial charge in [-0.1, -0.05) is 36.4 Å². The van der Waals surface area contributed by atoms with Gasteiger partial charge in [0.2, 0.25) is 10.9 Å². The number of carboxylic acid groups (broad SMARTS) is 1. The molecular formula is C28H32N4O7S. The number of nitrogens with one attached hydrogen (secondary N) is 1. The van der Waals surface area contributed by atoms with Crippen LogP contribution in [0.15, 0.2) is 65.8 Å². The number of nitrogens with zero attached hydrogens (tertiary/aromatic N) is 2. The quantitative estimate of drug-likeness (QED) is 0.258. The van der Waals surface area contributed by atoms with Crippen LogP contribution < -0.4 is 11.1 Å². The molecule has 2 unspecified atom stereocenters. The Hall–Kier alpha value is -3.71. The van der Waals surface area contributed by atoms with Crippen molar-refractivity contribution < 1.29 is 32.0 Å². The number of aromatic carboxylic acids is 1. The van der Waals surface area contributed by atoms with Crippen molar-refractivity contribution in [1.82, 2.24) is 10.3 Å². The summed E-state index contributed by atoms with van der Waals surface area (Å²) in [6.07, 6.45) is 0.825. The number of hydrogen-bond donors (Lipinski definition) is 3. The number of primary amides is 1. The molecule has 11 nitrogen and oxygen atoms in total. The predicted molar refractivity (Wildman–Crippen MR) is 147 cm³/mol. The van der Waals surface area contributed by atoms with E-state index in [1.54, 1.807) is 30.3 Å². The van der Waals surface area contributed by atoms with Crippen LogP contribution in [0.25, 0.3) is 10.8 Å². The number of benzene rings is 2. The van der Waals surface area contributed by atoms with Crippen LogP contribution in [0.3, 0.4) is 0 Å². The summed E-state index contributed by atoms with van der Waals surface area (Å²) in [6, 6.07) is 12.8. The minimum absolute atomic E-state index is 0.0859. The molecule has 0 bridgehead atoms. The number of hydrogen-bond acceptors (Lipinski definition) is 8. The van der Waals surface area contributed by atoms with Gasteiger partial charge in [0.25, 0.3) is 0 Å². The van der Waals surface area contributed by atoms with Crippen LogP contribution >= 0.6 is 0 Å². The number of rotatable bonds is 9. The maximum atomic E-state index is 14.9. The van der Waals surface area contributed by atoms with Gasteiger partial charge >= 0.3 is 21.9 Å². The lowest BCUT2D eigenvalue weighted by Crippen LogP contribution is -2.63. The summed E-state index contributed by atoms with van der Waals surface area (Å²) >= 11 is 0. The molecule has 4 N–H and O–H groups in total. The van der Waals surface area contributed by atoms with Crippen molar-refractivity contribution in [1.29, 1.82) is 0 Å². The molecule has 0 spiro atoms. The van der Waals surface area contributed by atoms with Gasteiger partial charge in [0.1, 0.15) is 6.04 Å². The Morgan fingerprint density at radius 2 is 1.82 bits per heavy atom. The van der Waals surface area contributed by atoms with E-state index in [-0.39, 0.29) is 24.0 Å². The Kier molecular flexibility index (Phi) is 8.36. The number of nitrogens with two attached hydrogens (primary N) is 1.